The molecule has 27 heavy (non-hydrogen) atoms. The minimum absolute atomic E-state index is 0.0503. The molecular formula is C22H26N2O3. The summed E-state index contributed by atoms with van der Waals surface area (Å²) in [6, 6.07) is 17.3. The molecule has 0 saturated heterocycles. The molecule has 0 aromatic heterocycles. The normalized spacial score (nSPS) is 14.3. The van der Waals surface area contributed by atoms with Gasteiger partial charge in [0.15, 0.2) is 6.61 Å². The molecular weight excluding hydrogens is 340 g/mol. The molecule has 3 rings (SSSR count). The van der Waals surface area contributed by atoms with E-state index in [1.165, 1.54) is 5.56 Å². The summed E-state index contributed by atoms with van der Waals surface area (Å²) in [5, 5.41) is 5.82. The molecule has 0 aliphatic heterocycles. The van der Waals surface area contributed by atoms with Crippen molar-refractivity contribution in [3.05, 3.63) is 60.2 Å². The van der Waals surface area contributed by atoms with Crippen LogP contribution in [0, 0.1) is 5.92 Å². The number of anilines is 1. The largest absolute Gasteiger partial charge is 0.484 e. The van der Waals surface area contributed by atoms with E-state index < -0.39 is 0 Å². The van der Waals surface area contributed by atoms with Crippen molar-refractivity contribution in [2.45, 2.75) is 32.1 Å². The third-order valence-corrected chi connectivity index (χ3v) is 4.73. The SMILES string of the molecule is CC[C@H](CNC(=O)COc1cccc(NC(=O)C2CC2)c1)c1ccccc1. The van der Waals surface area contributed by atoms with Crippen molar-refractivity contribution in [1.29, 1.82) is 0 Å². The molecule has 1 atom stereocenters. The second kappa shape index (κ2) is 9.21. The fourth-order valence-electron chi connectivity index (χ4n) is 2.91. The number of hydrogen-bond acceptors (Lipinski definition) is 3. The average molecular weight is 366 g/mol. The minimum atomic E-state index is -0.156. The van der Waals surface area contributed by atoms with Gasteiger partial charge in [-0.25, -0.2) is 0 Å². The quantitative estimate of drug-likeness (QED) is 0.711. The van der Waals surface area contributed by atoms with Gasteiger partial charge in [0.05, 0.1) is 0 Å². The maximum absolute atomic E-state index is 12.1. The highest BCUT2D eigenvalue weighted by atomic mass is 16.5. The molecule has 2 aromatic carbocycles. The molecule has 0 radical (unpaired) electrons. The topological polar surface area (TPSA) is 67.4 Å². The second-order valence-electron chi connectivity index (χ2n) is 6.90. The van der Waals surface area contributed by atoms with Crippen molar-refractivity contribution in [2.24, 2.45) is 5.92 Å². The van der Waals surface area contributed by atoms with Gasteiger partial charge in [0.25, 0.3) is 5.91 Å². The Morgan fingerprint density at radius 1 is 1.11 bits per heavy atom. The standard InChI is InChI=1S/C22H26N2O3/c1-2-16(17-7-4-3-5-8-17)14-23-21(25)15-27-20-10-6-9-19(13-20)24-22(26)18-11-12-18/h3-10,13,16,18H,2,11-12,14-15H2,1H3,(H,23,25)(H,24,26)/t16-/m1/s1. The maximum atomic E-state index is 12.1. The Hall–Kier alpha value is -2.82. The van der Waals surface area contributed by atoms with Crippen LogP contribution in [0.4, 0.5) is 5.69 Å². The van der Waals surface area contributed by atoms with Crippen molar-refractivity contribution in [3.8, 4) is 5.75 Å². The maximum Gasteiger partial charge on any atom is 0.257 e. The van der Waals surface area contributed by atoms with Crippen LogP contribution in [-0.4, -0.2) is 25.0 Å². The third kappa shape index (κ3) is 5.84. The Morgan fingerprint density at radius 2 is 1.89 bits per heavy atom. The number of carbonyl (C=O) groups is 2. The van der Waals surface area contributed by atoms with E-state index in [-0.39, 0.29) is 30.3 Å². The number of amides is 2. The Labute approximate surface area is 160 Å². The lowest BCUT2D eigenvalue weighted by molar-refractivity contribution is -0.123. The summed E-state index contributed by atoms with van der Waals surface area (Å²) in [6.45, 7) is 2.65. The summed E-state index contributed by atoms with van der Waals surface area (Å²) in [5.41, 5.74) is 1.92. The number of carbonyl (C=O) groups excluding carboxylic acids is 2. The molecule has 2 amide bonds. The predicted octanol–water partition coefficient (Wildman–Crippen LogP) is 3.72. The van der Waals surface area contributed by atoms with Crippen LogP contribution in [0.15, 0.2) is 54.6 Å². The van der Waals surface area contributed by atoms with Crippen LogP contribution in [-0.2, 0) is 9.59 Å². The third-order valence-electron chi connectivity index (χ3n) is 4.73. The zero-order chi connectivity index (χ0) is 19.1. The first-order chi connectivity index (χ1) is 13.2. The summed E-state index contributed by atoms with van der Waals surface area (Å²) in [7, 11) is 0. The highest BCUT2D eigenvalue weighted by Crippen LogP contribution is 2.30. The smallest absolute Gasteiger partial charge is 0.257 e. The van der Waals surface area contributed by atoms with Gasteiger partial charge < -0.3 is 15.4 Å². The first-order valence-corrected chi connectivity index (χ1v) is 9.51. The van der Waals surface area contributed by atoms with Gasteiger partial charge in [-0.2, -0.15) is 0 Å². The van der Waals surface area contributed by atoms with Crippen LogP contribution < -0.4 is 15.4 Å². The number of ether oxygens (including phenoxy) is 1. The molecule has 1 aliphatic rings. The molecule has 142 valence electrons. The van der Waals surface area contributed by atoms with Crippen LogP contribution in [0.1, 0.15) is 37.7 Å². The zero-order valence-electron chi connectivity index (χ0n) is 15.6. The Kier molecular flexibility index (Phi) is 6.47. The fraction of sp³-hybridized carbons (Fsp3) is 0.364. The van der Waals surface area contributed by atoms with Crippen LogP contribution >= 0.6 is 0 Å². The van der Waals surface area contributed by atoms with Gasteiger partial charge in [0, 0.05) is 30.1 Å². The van der Waals surface area contributed by atoms with Crippen LogP contribution in [0.2, 0.25) is 0 Å². The Balaban J connectivity index is 1.45. The molecule has 1 fully saturated rings. The fourth-order valence-corrected chi connectivity index (χ4v) is 2.91. The van der Waals surface area contributed by atoms with Gasteiger partial charge in [-0.05, 0) is 37.0 Å². The van der Waals surface area contributed by atoms with Crippen LogP contribution in [0.25, 0.3) is 0 Å². The summed E-state index contributed by atoms with van der Waals surface area (Å²) >= 11 is 0. The highest BCUT2D eigenvalue weighted by molar-refractivity contribution is 5.94. The summed E-state index contributed by atoms with van der Waals surface area (Å²) < 4.78 is 5.57. The number of hydrogen-bond donors (Lipinski definition) is 2. The predicted molar refractivity (Wildman–Crippen MR) is 106 cm³/mol. The Bertz CT molecular complexity index is 772. The highest BCUT2D eigenvalue weighted by Gasteiger charge is 2.29. The monoisotopic (exact) mass is 366 g/mol. The van der Waals surface area contributed by atoms with Crippen molar-refractivity contribution in [3.63, 3.8) is 0 Å². The van der Waals surface area contributed by atoms with E-state index in [1.807, 2.05) is 24.3 Å². The first kappa shape index (κ1) is 19.0. The summed E-state index contributed by atoms with van der Waals surface area (Å²) in [6.07, 6.45) is 2.88. The van der Waals surface area contributed by atoms with Crippen LogP contribution in [0.3, 0.4) is 0 Å². The second-order valence-corrected chi connectivity index (χ2v) is 6.90. The van der Waals surface area contributed by atoms with Crippen molar-refractivity contribution < 1.29 is 14.3 Å². The van der Waals surface area contributed by atoms with Crippen molar-refractivity contribution in [2.75, 3.05) is 18.5 Å². The molecule has 2 aromatic rings. The number of rotatable bonds is 9. The van der Waals surface area contributed by atoms with Crippen molar-refractivity contribution in [1.82, 2.24) is 5.32 Å². The van der Waals surface area contributed by atoms with E-state index in [1.54, 1.807) is 18.2 Å². The zero-order valence-corrected chi connectivity index (χ0v) is 15.6. The lowest BCUT2D eigenvalue weighted by Gasteiger charge is -2.16. The van der Waals surface area contributed by atoms with E-state index in [0.717, 1.165) is 19.3 Å². The summed E-state index contributed by atoms with van der Waals surface area (Å²) in [5.74, 6) is 0.898. The van der Waals surface area contributed by atoms with Crippen molar-refractivity contribution >= 4 is 17.5 Å². The first-order valence-electron chi connectivity index (χ1n) is 9.51. The van der Waals surface area contributed by atoms with E-state index >= 15 is 0 Å². The minimum Gasteiger partial charge on any atom is -0.484 e. The van der Waals surface area contributed by atoms with Gasteiger partial charge in [-0.3, -0.25) is 9.59 Å². The molecule has 0 unspecified atom stereocenters. The van der Waals surface area contributed by atoms with E-state index in [4.69, 9.17) is 4.74 Å². The molecule has 5 nitrogen and oxygen atoms in total. The number of nitrogens with one attached hydrogen (secondary N) is 2. The van der Waals surface area contributed by atoms with Gasteiger partial charge in [0.2, 0.25) is 5.91 Å². The average Bonchev–Trinajstić information content (AvgIpc) is 3.53. The number of benzene rings is 2. The van der Waals surface area contributed by atoms with Gasteiger partial charge in [-0.15, -0.1) is 0 Å². The van der Waals surface area contributed by atoms with E-state index in [2.05, 4.69) is 29.7 Å². The van der Waals surface area contributed by atoms with Crippen LogP contribution in [0.5, 0.6) is 5.75 Å². The molecule has 1 saturated carbocycles. The molecule has 1 aliphatic carbocycles. The molecule has 0 bridgehead atoms. The molecule has 5 heteroatoms. The summed E-state index contributed by atoms with van der Waals surface area (Å²) in [4.78, 5) is 24.0. The van der Waals surface area contributed by atoms with E-state index in [9.17, 15) is 9.59 Å². The molecule has 0 spiro atoms. The molecule has 2 N–H and O–H groups in total. The van der Waals surface area contributed by atoms with Gasteiger partial charge in [0.1, 0.15) is 5.75 Å². The lowest BCUT2D eigenvalue weighted by atomic mass is 9.96. The molecule has 0 heterocycles. The Morgan fingerprint density at radius 3 is 2.59 bits per heavy atom. The van der Waals surface area contributed by atoms with Gasteiger partial charge >= 0.3 is 0 Å². The van der Waals surface area contributed by atoms with Gasteiger partial charge in [-0.1, -0.05) is 43.3 Å². The lowest BCUT2D eigenvalue weighted by Crippen LogP contribution is -2.32. The van der Waals surface area contributed by atoms with E-state index in [0.29, 0.717) is 18.0 Å².